The van der Waals surface area contributed by atoms with Crippen LogP contribution in [0.1, 0.15) is 12.8 Å². The van der Waals surface area contributed by atoms with E-state index < -0.39 is 10.0 Å². The van der Waals surface area contributed by atoms with E-state index in [-0.39, 0.29) is 10.9 Å². The van der Waals surface area contributed by atoms with Crippen molar-refractivity contribution < 1.29 is 17.9 Å². The maximum Gasteiger partial charge on any atom is 0.241 e. The summed E-state index contributed by atoms with van der Waals surface area (Å²) < 4.78 is 38.2. The van der Waals surface area contributed by atoms with E-state index in [0.29, 0.717) is 37.2 Å². The molecule has 0 bridgehead atoms. The van der Waals surface area contributed by atoms with Gasteiger partial charge in [0.2, 0.25) is 10.0 Å². The lowest BCUT2D eigenvalue weighted by Crippen LogP contribution is -2.41. The van der Waals surface area contributed by atoms with Crippen LogP contribution >= 0.6 is 0 Å². The van der Waals surface area contributed by atoms with Gasteiger partial charge in [0.05, 0.1) is 4.90 Å². The van der Waals surface area contributed by atoms with Gasteiger partial charge >= 0.3 is 0 Å². The zero-order chi connectivity index (χ0) is 14.2. The number of sulfonamides is 1. The zero-order valence-corrected chi connectivity index (χ0v) is 11.9. The minimum Gasteiger partial charge on any atom is -0.486 e. The molecule has 1 atom stereocenters. The molecule has 1 fully saturated rings. The molecule has 1 heterocycles. The highest BCUT2D eigenvalue weighted by atomic mass is 32.2. The van der Waals surface area contributed by atoms with Crippen LogP contribution < -0.4 is 19.9 Å². The molecule has 0 saturated heterocycles. The molecule has 2 aliphatic rings. The Morgan fingerprint density at radius 2 is 1.95 bits per heavy atom. The molecule has 0 aromatic heterocycles. The Morgan fingerprint density at radius 3 is 2.60 bits per heavy atom. The number of hydrogen-bond donors (Lipinski definition) is 2. The normalized spacial score (nSPS) is 19.6. The second kappa shape index (κ2) is 5.23. The summed E-state index contributed by atoms with van der Waals surface area (Å²) in [4.78, 5) is 0.181. The van der Waals surface area contributed by atoms with Crippen molar-refractivity contribution in [2.24, 2.45) is 11.7 Å². The first-order chi connectivity index (χ1) is 9.60. The van der Waals surface area contributed by atoms with Crippen LogP contribution in [0.15, 0.2) is 23.1 Å². The van der Waals surface area contributed by atoms with Crippen LogP contribution in [0.3, 0.4) is 0 Å². The molecule has 0 amide bonds. The van der Waals surface area contributed by atoms with Crippen molar-refractivity contribution in [1.29, 1.82) is 0 Å². The number of benzene rings is 1. The van der Waals surface area contributed by atoms with E-state index in [1.165, 1.54) is 12.1 Å². The summed E-state index contributed by atoms with van der Waals surface area (Å²) in [6.45, 7) is 1.22. The Kier molecular flexibility index (Phi) is 3.57. The summed E-state index contributed by atoms with van der Waals surface area (Å²) in [5.74, 6) is 1.41. The molecule has 110 valence electrons. The van der Waals surface area contributed by atoms with Crippen molar-refractivity contribution in [2.45, 2.75) is 23.8 Å². The van der Waals surface area contributed by atoms with Crippen LogP contribution in [-0.2, 0) is 10.0 Å². The maximum atomic E-state index is 12.4. The standard InChI is InChI=1S/C13H18N2O4S/c14-8-11(9-1-2-9)15-20(16,17)10-3-4-12-13(7-10)19-6-5-18-12/h3-4,7,9,11,15H,1-2,5-6,8,14H2. The third kappa shape index (κ3) is 2.74. The highest BCUT2D eigenvalue weighted by Gasteiger charge is 2.33. The second-order valence-corrected chi connectivity index (χ2v) is 6.82. The van der Waals surface area contributed by atoms with Crippen molar-refractivity contribution >= 4 is 10.0 Å². The van der Waals surface area contributed by atoms with Crippen LogP contribution in [0.4, 0.5) is 0 Å². The molecule has 0 radical (unpaired) electrons. The number of nitrogens with one attached hydrogen (secondary N) is 1. The van der Waals surface area contributed by atoms with Gasteiger partial charge in [-0.05, 0) is 30.9 Å². The molecule has 1 aliphatic heterocycles. The van der Waals surface area contributed by atoms with Gasteiger partial charge in [-0.3, -0.25) is 0 Å². The molecule has 1 aromatic carbocycles. The maximum absolute atomic E-state index is 12.4. The molecule has 1 unspecified atom stereocenters. The fraction of sp³-hybridized carbons (Fsp3) is 0.538. The first-order valence-corrected chi connectivity index (χ1v) is 8.20. The molecule has 1 aliphatic carbocycles. The highest BCUT2D eigenvalue weighted by Crippen LogP contribution is 2.34. The Labute approximate surface area is 118 Å². The summed E-state index contributed by atoms with van der Waals surface area (Å²) in [5.41, 5.74) is 5.64. The Hall–Kier alpha value is -1.31. The summed E-state index contributed by atoms with van der Waals surface area (Å²) in [6, 6.07) is 4.46. The lowest BCUT2D eigenvalue weighted by molar-refractivity contribution is 0.171. The number of nitrogens with two attached hydrogens (primary N) is 1. The van der Waals surface area contributed by atoms with E-state index in [1.807, 2.05) is 0 Å². The monoisotopic (exact) mass is 298 g/mol. The third-order valence-electron chi connectivity index (χ3n) is 3.58. The van der Waals surface area contributed by atoms with Gasteiger partial charge in [-0.1, -0.05) is 0 Å². The zero-order valence-electron chi connectivity index (χ0n) is 11.0. The van der Waals surface area contributed by atoms with Crippen molar-refractivity contribution in [3.8, 4) is 11.5 Å². The van der Waals surface area contributed by atoms with E-state index in [4.69, 9.17) is 15.2 Å². The molecule has 3 rings (SSSR count). The van der Waals surface area contributed by atoms with Crippen molar-refractivity contribution in [3.63, 3.8) is 0 Å². The number of ether oxygens (including phenoxy) is 2. The van der Waals surface area contributed by atoms with Gasteiger partial charge in [0.1, 0.15) is 13.2 Å². The largest absolute Gasteiger partial charge is 0.486 e. The summed E-state index contributed by atoms with van der Waals surface area (Å²) in [5, 5.41) is 0. The molecule has 0 spiro atoms. The highest BCUT2D eigenvalue weighted by molar-refractivity contribution is 7.89. The predicted molar refractivity (Wildman–Crippen MR) is 73.3 cm³/mol. The Morgan fingerprint density at radius 1 is 1.25 bits per heavy atom. The number of rotatable bonds is 5. The van der Waals surface area contributed by atoms with E-state index in [0.717, 1.165) is 12.8 Å². The lowest BCUT2D eigenvalue weighted by Gasteiger charge is -2.20. The van der Waals surface area contributed by atoms with Crippen molar-refractivity contribution in [1.82, 2.24) is 4.72 Å². The Bertz CT molecular complexity index is 598. The molecule has 1 saturated carbocycles. The van der Waals surface area contributed by atoms with Gasteiger partial charge in [-0.25, -0.2) is 13.1 Å². The van der Waals surface area contributed by atoms with Crippen molar-refractivity contribution in [2.75, 3.05) is 19.8 Å². The predicted octanol–water partition coefficient (Wildman–Crippen LogP) is 0.473. The smallest absolute Gasteiger partial charge is 0.241 e. The van der Waals surface area contributed by atoms with Crippen LogP contribution in [0, 0.1) is 5.92 Å². The third-order valence-corrected chi connectivity index (χ3v) is 5.06. The summed E-state index contributed by atoms with van der Waals surface area (Å²) >= 11 is 0. The second-order valence-electron chi connectivity index (χ2n) is 5.11. The van der Waals surface area contributed by atoms with Gasteiger partial charge in [-0.2, -0.15) is 0 Å². The van der Waals surface area contributed by atoms with Crippen molar-refractivity contribution in [3.05, 3.63) is 18.2 Å². The first kappa shape index (κ1) is 13.7. The van der Waals surface area contributed by atoms with Crippen LogP contribution in [0.25, 0.3) is 0 Å². The van der Waals surface area contributed by atoms with Crippen LogP contribution in [0.5, 0.6) is 11.5 Å². The minimum atomic E-state index is -3.58. The first-order valence-electron chi connectivity index (χ1n) is 6.72. The average molecular weight is 298 g/mol. The summed E-state index contributed by atoms with van der Waals surface area (Å²) in [7, 11) is -3.58. The molecule has 7 heteroatoms. The van der Waals surface area contributed by atoms with Gasteiger partial charge < -0.3 is 15.2 Å². The van der Waals surface area contributed by atoms with Gasteiger partial charge in [0.15, 0.2) is 11.5 Å². The topological polar surface area (TPSA) is 90.7 Å². The molecule has 3 N–H and O–H groups in total. The van der Waals surface area contributed by atoms with Crippen LogP contribution in [-0.4, -0.2) is 34.2 Å². The summed E-state index contributed by atoms with van der Waals surface area (Å²) in [6.07, 6.45) is 2.07. The van der Waals surface area contributed by atoms with Gasteiger partial charge in [0, 0.05) is 18.7 Å². The molecular weight excluding hydrogens is 280 g/mol. The average Bonchev–Trinajstić information content (AvgIpc) is 3.29. The quantitative estimate of drug-likeness (QED) is 0.825. The van der Waals surface area contributed by atoms with E-state index in [2.05, 4.69) is 4.72 Å². The molecular formula is C13H18N2O4S. The Balaban J connectivity index is 1.83. The minimum absolute atomic E-state index is 0.181. The van der Waals surface area contributed by atoms with Gasteiger partial charge in [0.25, 0.3) is 0 Å². The SMILES string of the molecule is NCC(NS(=O)(=O)c1ccc2c(c1)OCCO2)C1CC1. The van der Waals surface area contributed by atoms with E-state index in [1.54, 1.807) is 6.07 Å². The number of hydrogen-bond acceptors (Lipinski definition) is 5. The fourth-order valence-corrected chi connectivity index (χ4v) is 3.63. The fourth-order valence-electron chi connectivity index (χ4n) is 2.29. The number of fused-ring (bicyclic) bond motifs is 1. The van der Waals surface area contributed by atoms with E-state index in [9.17, 15) is 8.42 Å². The van der Waals surface area contributed by atoms with Crippen LogP contribution in [0.2, 0.25) is 0 Å². The lowest BCUT2D eigenvalue weighted by atomic mass is 10.2. The van der Waals surface area contributed by atoms with E-state index >= 15 is 0 Å². The molecule has 1 aromatic rings. The molecule has 20 heavy (non-hydrogen) atoms. The molecule has 6 nitrogen and oxygen atoms in total. The van der Waals surface area contributed by atoms with Gasteiger partial charge in [-0.15, -0.1) is 0 Å².